The highest BCUT2D eigenvalue weighted by molar-refractivity contribution is 14.0. The van der Waals surface area contributed by atoms with E-state index in [0.29, 0.717) is 12.3 Å². The van der Waals surface area contributed by atoms with E-state index in [0.717, 1.165) is 56.5 Å². The Bertz CT molecular complexity index is 812. The molecule has 156 valence electrons. The van der Waals surface area contributed by atoms with Crippen LogP contribution in [0.2, 0.25) is 0 Å². The number of benzene rings is 2. The van der Waals surface area contributed by atoms with Crippen LogP contribution in [0.25, 0.3) is 0 Å². The summed E-state index contributed by atoms with van der Waals surface area (Å²) in [5.41, 5.74) is 2.17. The first kappa shape index (κ1) is 21.5. The van der Waals surface area contributed by atoms with Crippen LogP contribution in [0.3, 0.4) is 0 Å². The van der Waals surface area contributed by atoms with Crippen LogP contribution >= 0.6 is 24.0 Å². The molecule has 2 N–H and O–H groups in total. The number of hydrogen-bond donors (Lipinski definition) is 2. The largest absolute Gasteiger partial charge is 0.506 e. The molecule has 0 saturated carbocycles. The van der Waals surface area contributed by atoms with E-state index < -0.39 is 0 Å². The van der Waals surface area contributed by atoms with Crippen molar-refractivity contribution in [2.24, 2.45) is 4.99 Å². The second kappa shape index (κ2) is 10.0. The number of rotatable bonds is 4. The summed E-state index contributed by atoms with van der Waals surface area (Å²) in [7, 11) is 0. The first-order valence-electron chi connectivity index (χ1n) is 10.1. The predicted molar refractivity (Wildman–Crippen MR) is 128 cm³/mol. The molecule has 29 heavy (non-hydrogen) atoms. The topological polar surface area (TPSA) is 60.3 Å². The minimum Gasteiger partial charge on any atom is -0.506 e. The minimum absolute atomic E-state index is 0. The summed E-state index contributed by atoms with van der Waals surface area (Å²) in [5, 5.41) is 13.5. The van der Waals surface area contributed by atoms with Gasteiger partial charge in [-0.15, -0.1) is 24.0 Å². The average Bonchev–Trinajstić information content (AvgIpc) is 3.15. The fourth-order valence-electron chi connectivity index (χ4n) is 3.86. The third-order valence-electron chi connectivity index (χ3n) is 5.30. The Kier molecular flexibility index (Phi) is 7.46. The van der Waals surface area contributed by atoms with E-state index in [1.807, 2.05) is 30.3 Å². The van der Waals surface area contributed by atoms with Crippen molar-refractivity contribution in [2.45, 2.75) is 19.4 Å². The number of aliphatic imine (C=N–C) groups is 1. The van der Waals surface area contributed by atoms with E-state index in [9.17, 15) is 5.11 Å². The summed E-state index contributed by atoms with van der Waals surface area (Å²) < 4.78 is 6.02. The lowest BCUT2D eigenvalue weighted by Gasteiger charge is -2.38. The van der Waals surface area contributed by atoms with Crippen molar-refractivity contribution < 1.29 is 9.84 Å². The summed E-state index contributed by atoms with van der Waals surface area (Å²) in [6.45, 7) is 7.02. The number of aromatic hydroxyl groups is 1. The third kappa shape index (κ3) is 5.07. The number of para-hydroxylation sites is 3. The molecule has 0 aliphatic carbocycles. The Labute approximate surface area is 189 Å². The number of phenols is 1. The van der Waals surface area contributed by atoms with Crippen molar-refractivity contribution in [1.29, 1.82) is 0 Å². The highest BCUT2D eigenvalue weighted by Crippen LogP contribution is 2.29. The Hall–Kier alpha value is -2.16. The Morgan fingerprint density at radius 3 is 2.55 bits per heavy atom. The van der Waals surface area contributed by atoms with Gasteiger partial charge in [-0.3, -0.25) is 0 Å². The lowest BCUT2D eigenvalue weighted by atomic mass is 10.1. The predicted octanol–water partition coefficient (Wildman–Crippen LogP) is 3.10. The third-order valence-corrected chi connectivity index (χ3v) is 5.30. The van der Waals surface area contributed by atoms with Gasteiger partial charge in [0, 0.05) is 39.1 Å². The number of fused-ring (bicyclic) bond motifs is 1. The number of piperazine rings is 1. The molecule has 0 radical (unpaired) electrons. The van der Waals surface area contributed by atoms with Crippen LogP contribution < -0.4 is 15.0 Å². The highest BCUT2D eigenvalue weighted by atomic mass is 127. The molecular weight excluding hydrogens is 479 g/mol. The fourth-order valence-corrected chi connectivity index (χ4v) is 3.86. The molecule has 6 nitrogen and oxygen atoms in total. The van der Waals surface area contributed by atoms with Gasteiger partial charge >= 0.3 is 0 Å². The van der Waals surface area contributed by atoms with Gasteiger partial charge in [0.25, 0.3) is 0 Å². The van der Waals surface area contributed by atoms with Gasteiger partial charge in [-0.1, -0.05) is 30.3 Å². The number of hydrogen-bond acceptors (Lipinski definition) is 4. The average molecular weight is 508 g/mol. The second-order valence-corrected chi connectivity index (χ2v) is 7.21. The molecule has 0 aromatic heterocycles. The lowest BCUT2D eigenvalue weighted by Crippen LogP contribution is -2.52. The van der Waals surface area contributed by atoms with E-state index in [1.165, 1.54) is 5.56 Å². The van der Waals surface area contributed by atoms with E-state index >= 15 is 0 Å². The molecule has 2 aliphatic rings. The highest BCUT2D eigenvalue weighted by Gasteiger charge is 2.24. The summed E-state index contributed by atoms with van der Waals surface area (Å²) in [5.74, 6) is 2.28. The van der Waals surface area contributed by atoms with Gasteiger partial charge in [0.15, 0.2) is 5.96 Å². The van der Waals surface area contributed by atoms with Crippen LogP contribution in [0.1, 0.15) is 12.5 Å². The Balaban J connectivity index is 0.00000240. The summed E-state index contributed by atoms with van der Waals surface area (Å²) in [6.07, 6.45) is 1.02. The molecule has 2 aliphatic heterocycles. The van der Waals surface area contributed by atoms with E-state index in [-0.39, 0.29) is 30.1 Å². The summed E-state index contributed by atoms with van der Waals surface area (Å²) in [6, 6.07) is 15.8. The number of phenolic OH excluding ortho intramolecular Hbond substituents is 1. The first-order valence-corrected chi connectivity index (χ1v) is 10.1. The molecule has 2 heterocycles. The van der Waals surface area contributed by atoms with Crippen molar-refractivity contribution in [1.82, 2.24) is 10.2 Å². The molecule has 0 bridgehead atoms. The van der Waals surface area contributed by atoms with Crippen molar-refractivity contribution in [3.8, 4) is 11.5 Å². The zero-order valence-corrected chi connectivity index (χ0v) is 19.1. The molecule has 1 unspecified atom stereocenters. The van der Waals surface area contributed by atoms with Gasteiger partial charge in [0.05, 0.1) is 12.2 Å². The zero-order chi connectivity index (χ0) is 19.3. The molecule has 1 atom stereocenters. The van der Waals surface area contributed by atoms with Crippen molar-refractivity contribution in [3.05, 3.63) is 54.1 Å². The Morgan fingerprint density at radius 2 is 1.83 bits per heavy atom. The molecule has 7 heteroatoms. The zero-order valence-electron chi connectivity index (χ0n) is 16.8. The van der Waals surface area contributed by atoms with Gasteiger partial charge in [-0.05, 0) is 30.7 Å². The fraction of sp³-hybridized carbons (Fsp3) is 0.409. The van der Waals surface area contributed by atoms with Gasteiger partial charge < -0.3 is 25.0 Å². The smallest absolute Gasteiger partial charge is 0.194 e. The normalized spacial score (nSPS) is 18.7. The van der Waals surface area contributed by atoms with Crippen LogP contribution in [-0.4, -0.2) is 61.3 Å². The maximum Gasteiger partial charge on any atom is 0.194 e. The van der Waals surface area contributed by atoms with Crippen molar-refractivity contribution >= 4 is 35.6 Å². The van der Waals surface area contributed by atoms with E-state index in [2.05, 4.69) is 34.2 Å². The number of nitrogens with zero attached hydrogens (tertiary/aromatic N) is 3. The van der Waals surface area contributed by atoms with Crippen LogP contribution in [0.15, 0.2) is 53.5 Å². The number of ether oxygens (including phenoxy) is 1. The van der Waals surface area contributed by atoms with Crippen molar-refractivity contribution in [2.75, 3.05) is 44.2 Å². The van der Waals surface area contributed by atoms with Crippen LogP contribution in [0, 0.1) is 0 Å². The van der Waals surface area contributed by atoms with E-state index in [1.54, 1.807) is 6.07 Å². The van der Waals surface area contributed by atoms with Gasteiger partial charge in [0.2, 0.25) is 0 Å². The number of halogens is 1. The van der Waals surface area contributed by atoms with E-state index in [4.69, 9.17) is 9.73 Å². The van der Waals surface area contributed by atoms with Crippen LogP contribution in [0.4, 0.5) is 5.69 Å². The molecule has 4 rings (SSSR count). The standard InChI is InChI=1S/C22H28N4O2.HI/c1-2-23-22(24-16-18-15-17-7-3-6-10-21(17)28-18)26-13-11-25(12-14-26)19-8-4-5-9-20(19)27;/h3-10,18,27H,2,11-16H2,1H3,(H,23,24);1H. The second-order valence-electron chi connectivity index (χ2n) is 7.21. The van der Waals surface area contributed by atoms with Crippen LogP contribution in [0.5, 0.6) is 11.5 Å². The maximum absolute atomic E-state index is 10.1. The summed E-state index contributed by atoms with van der Waals surface area (Å²) >= 11 is 0. The molecule has 1 fully saturated rings. The summed E-state index contributed by atoms with van der Waals surface area (Å²) in [4.78, 5) is 9.38. The van der Waals surface area contributed by atoms with Gasteiger partial charge in [0.1, 0.15) is 17.6 Å². The van der Waals surface area contributed by atoms with Gasteiger partial charge in [-0.25, -0.2) is 4.99 Å². The molecule has 0 amide bonds. The number of guanidine groups is 1. The van der Waals surface area contributed by atoms with Crippen LogP contribution in [-0.2, 0) is 6.42 Å². The SMILES string of the molecule is CCNC(=NCC1Cc2ccccc2O1)N1CCN(c2ccccc2O)CC1.I. The first-order chi connectivity index (χ1) is 13.7. The number of nitrogens with one attached hydrogen (secondary N) is 1. The van der Waals surface area contributed by atoms with Crippen molar-refractivity contribution in [3.63, 3.8) is 0 Å². The molecule has 1 saturated heterocycles. The molecule has 2 aromatic carbocycles. The molecular formula is C22H29IN4O2. The Morgan fingerprint density at radius 1 is 1.10 bits per heavy atom. The molecule has 2 aromatic rings. The molecule has 0 spiro atoms. The quantitative estimate of drug-likeness (QED) is 0.378. The van der Waals surface area contributed by atoms with Gasteiger partial charge in [-0.2, -0.15) is 0 Å². The minimum atomic E-state index is 0. The number of anilines is 1. The monoisotopic (exact) mass is 508 g/mol. The lowest BCUT2D eigenvalue weighted by molar-refractivity contribution is 0.240. The maximum atomic E-state index is 10.1.